The monoisotopic (exact) mass is 230 g/mol. The Morgan fingerprint density at radius 1 is 1.35 bits per heavy atom. The standard InChI is InChI=1S/C16H22O/c1-11(2)14-9-15(12(3)16(17)10-14)13-7-5-4-6-8-13/h7,14H,1,4-6,8-10H2,2-3H3. The molecular formula is C16H22O. The molecule has 1 heteroatoms. The maximum absolute atomic E-state index is 12.0. The number of hydrogen-bond acceptors (Lipinski definition) is 1. The van der Waals surface area contributed by atoms with Crippen LogP contribution in [0.5, 0.6) is 0 Å². The molecule has 0 aromatic carbocycles. The van der Waals surface area contributed by atoms with E-state index in [0.717, 1.165) is 24.0 Å². The molecule has 1 unspecified atom stereocenters. The minimum absolute atomic E-state index is 0.325. The number of carbonyl (C=O) groups excluding carboxylic acids is 1. The van der Waals surface area contributed by atoms with Crippen molar-refractivity contribution in [2.45, 2.75) is 52.4 Å². The first-order valence-electron chi connectivity index (χ1n) is 6.67. The molecule has 0 spiro atoms. The van der Waals surface area contributed by atoms with Crippen LogP contribution in [0.2, 0.25) is 0 Å². The van der Waals surface area contributed by atoms with Crippen molar-refractivity contribution in [3.63, 3.8) is 0 Å². The minimum atomic E-state index is 0.325. The molecule has 0 fully saturated rings. The van der Waals surface area contributed by atoms with Crippen LogP contribution in [0.4, 0.5) is 0 Å². The fourth-order valence-electron chi connectivity index (χ4n) is 2.85. The van der Waals surface area contributed by atoms with Crippen LogP contribution in [0.1, 0.15) is 52.4 Å². The smallest absolute Gasteiger partial charge is 0.159 e. The largest absolute Gasteiger partial charge is 0.295 e. The predicted molar refractivity (Wildman–Crippen MR) is 71.8 cm³/mol. The number of rotatable bonds is 2. The van der Waals surface area contributed by atoms with Crippen molar-refractivity contribution < 1.29 is 4.79 Å². The molecule has 0 amide bonds. The molecule has 2 aliphatic rings. The Bertz CT molecular complexity index is 409. The van der Waals surface area contributed by atoms with E-state index >= 15 is 0 Å². The zero-order valence-electron chi connectivity index (χ0n) is 11.0. The number of carbonyl (C=O) groups is 1. The van der Waals surface area contributed by atoms with Gasteiger partial charge in [-0.1, -0.05) is 18.2 Å². The molecule has 0 radical (unpaired) electrons. The average molecular weight is 230 g/mol. The third kappa shape index (κ3) is 2.59. The van der Waals surface area contributed by atoms with Crippen LogP contribution >= 0.6 is 0 Å². The van der Waals surface area contributed by atoms with E-state index < -0.39 is 0 Å². The van der Waals surface area contributed by atoms with Gasteiger partial charge in [0.15, 0.2) is 5.78 Å². The number of ketones is 1. The van der Waals surface area contributed by atoms with Crippen LogP contribution < -0.4 is 0 Å². The Morgan fingerprint density at radius 2 is 2.12 bits per heavy atom. The second-order valence-electron chi connectivity index (χ2n) is 5.45. The molecule has 0 saturated heterocycles. The first kappa shape index (κ1) is 12.3. The zero-order chi connectivity index (χ0) is 12.4. The summed E-state index contributed by atoms with van der Waals surface area (Å²) in [6.45, 7) is 8.07. The van der Waals surface area contributed by atoms with Crippen molar-refractivity contribution in [2.24, 2.45) is 5.92 Å². The van der Waals surface area contributed by atoms with Crippen LogP contribution in [0, 0.1) is 5.92 Å². The van der Waals surface area contributed by atoms with E-state index in [9.17, 15) is 4.79 Å². The first-order chi connectivity index (χ1) is 8.09. The fourth-order valence-corrected chi connectivity index (χ4v) is 2.85. The maximum Gasteiger partial charge on any atom is 0.159 e. The van der Waals surface area contributed by atoms with Gasteiger partial charge in [0.2, 0.25) is 0 Å². The lowest BCUT2D eigenvalue weighted by atomic mass is 9.76. The maximum atomic E-state index is 12.0. The zero-order valence-corrected chi connectivity index (χ0v) is 11.0. The molecule has 0 saturated carbocycles. The average Bonchev–Trinajstić information content (AvgIpc) is 2.33. The van der Waals surface area contributed by atoms with Gasteiger partial charge in [-0.25, -0.2) is 0 Å². The highest BCUT2D eigenvalue weighted by atomic mass is 16.1. The minimum Gasteiger partial charge on any atom is -0.295 e. The van der Waals surface area contributed by atoms with E-state index in [0.29, 0.717) is 18.1 Å². The molecule has 17 heavy (non-hydrogen) atoms. The van der Waals surface area contributed by atoms with Gasteiger partial charge in [0, 0.05) is 6.42 Å². The van der Waals surface area contributed by atoms with E-state index in [1.54, 1.807) is 0 Å². The lowest BCUT2D eigenvalue weighted by molar-refractivity contribution is -0.116. The second-order valence-corrected chi connectivity index (χ2v) is 5.45. The molecule has 0 bridgehead atoms. The molecule has 1 atom stereocenters. The van der Waals surface area contributed by atoms with E-state index in [1.807, 2.05) is 13.8 Å². The van der Waals surface area contributed by atoms with Crippen molar-refractivity contribution in [3.8, 4) is 0 Å². The molecule has 1 nitrogen and oxygen atoms in total. The van der Waals surface area contributed by atoms with Crippen molar-refractivity contribution in [1.29, 1.82) is 0 Å². The highest BCUT2D eigenvalue weighted by molar-refractivity contribution is 5.97. The Labute approximate surface area is 104 Å². The van der Waals surface area contributed by atoms with Crippen LogP contribution in [0.25, 0.3) is 0 Å². The highest BCUT2D eigenvalue weighted by Gasteiger charge is 2.27. The molecule has 2 aliphatic carbocycles. The third-order valence-electron chi connectivity index (χ3n) is 4.13. The summed E-state index contributed by atoms with van der Waals surface area (Å²) in [5, 5.41) is 0. The molecule has 0 aromatic rings. The van der Waals surface area contributed by atoms with E-state index in [4.69, 9.17) is 0 Å². The van der Waals surface area contributed by atoms with Crippen LogP contribution in [-0.2, 0) is 4.79 Å². The quantitative estimate of drug-likeness (QED) is 0.644. The normalized spacial score (nSPS) is 25.9. The van der Waals surface area contributed by atoms with Gasteiger partial charge in [0.25, 0.3) is 0 Å². The summed E-state index contributed by atoms with van der Waals surface area (Å²) in [5.74, 6) is 0.690. The van der Waals surface area contributed by atoms with Crippen LogP contribution in [-0.4, -0.2) is 5.78 Å². The van der Waals surface area contributed by atoms with Crippen molar-refractivity contribution in [2.75, 3.05) is 0 Å². The Balaban J connectivity index is 2.29. The molecule has 92 valence electrons. The fraction of sp³-hybridized carbons (Fsp3) is 0.562. The van der Waals surface area contributed by atoms with Gasteiger partial charge in [-0.3, -0.25) is 4.79 Å². The van der Waals surface area contributed by atoms with E-state index in [1.165, 1.54) is 30.4 Å². The van der Waals surface area contributed by atoms with Crippen LogP contribution in [0.3, 0.4) is 0 Å². The van der Waals surface area contributed by atoms with Gasteiger partial charge in [-0.15, -0.1) is 0 Å². The van der Waals surface area contributed by atoms with Gasteiger partial charge in [0.1, 0.15) is 0 Å². The summed E-state index contributed by atoms with van der Waals surface area (Å²) < 4.78 is 0. The predicted octanol–water partition coefficient (Wildman–Crippen LogP) is 4.36. The van der Waals surface area contributed by atoms with Crippen molar-refractivity contribution >= 4 is 5.78 Å². The molecule has 0 N–H and O–H groups in total. The summed E-state index contributed by atoms with van der Waals surface area (Å²) in [7, 11) is 0. The Hall–Kier alpha value is -1.11. The first-order valence-corrected chi connectivity index (χ1v) is 6.67. The topological polar surface area (TPSA) is 17.1 Å². The summed E-state index contributed by atoms with van der Waals surface area (Å²) >= 11 is 0. The lowest BCUT2D eigenvalue weighted by Crippen LogP contribution is -2.20. The SMILES string of the molecule is C=C(C)C1CC(=O)C(C)=C(C2=CCCCC2)C1. The molecular weight excluding hydrogens is 208 g/mol. The van der Waals surface area contributed by atoms with Gasteiger partial charge in [-0.05, 0) is 68.6 Å². The summed E-state index contributed by atoms with van der Waals surface area (Å²) in [6, 6.07) is 0. The van der Waals surface area contributed by atoms with Crippen LogP contribution in [0.15, 0.2) is 34.9 Å². The summed E-state index contributed by atoms with van der Waals surface area (Å²) in [4.78, 5) is 12.0. The number of allylic oxidation sites excluding steroid dienone is 5. The number of hydrogen-bond donors (Lipinski definition) is 0. The van der Waals surface area contributed by atoms with Gasteiger partial charge in [-0.2, -0.15) is 0 Å². The third-order valence-corrected chi connectivity index (χ3v) is 4.13. The summed E-state index contributed by atoms with van der Waals surface area (Å²) in [5.41, 5.74) is 4.93. The summed E-state index contributed by atoms with van der Waals surface area (Å²) in [6.07, 6.45) is 8.94. The molecule has 0 aromatic heterocycles. The van der Waals surface area contributed by atoms with Gasteiger partial charge >= 0.3 is 0 Å². The Morgan fingerprint density at radius 3 is 2.71 bits per heavy atom. The molecule has 0 heterocycles. The van der Waals surface area contributed by atoms with Crippen molar-refractivity contribution in [1.82, 2.24) is 0 Å². The van der Waals surface area contributed by atoms with Gasteiger partial charge < -0.3 is 0 Å². The number of Topliss-reactive ketones (excluding diaryl/α,β-unsaturated/α-hetero) is 1. The Kier molecular flexibility index (Phi) is 3.66. The van der Waals surface area contributed by atoms with E-state index in [-0.39, 0.29) is 0 Å². The highest BCUT2D eigenvalue weighted by Crippen LogP contribution is 2.37. The second kappa shape index (κ2) is 5.03. The van der Waals surface area contributed by atoms with Crippen molar-refractivity contribution in [3.05, 3.63) is 34.9 Å². The lowest BCUT2D eigenvalue weighted by Gasteiger charge is -2.28. The molecule has 2 rings (SSSR count). The van der Waals surface area contributed by atoms with E-state index in [2.05, 4.69) is 12.7 Å². The van der Waals surface area contributed by atoms with Gasteiger partial charge in [0.05, 0.1) is 0 Å². The molecule has 0 aliphatic heterocycles.